The zero-order chi connectivity index (χ0) is 13.7. The first kappa shape index (κ1) is 12.8. The molecule has 0 fully saturated rings. The fourth-order valence-electron chi connectivity index (χ4n) is 1.86. The van der Waals surface area contributed by atoms with E-state index in [2.05, 4.69) is 11.4 Å². The van der Waals surface area contributed by atoms with E-state index in [1.807, 2.05) is 42.5 Å². The number of hydrogen-bond donors (Lipinski definition) is 1. The van der Waals surface area contributed by atoms with Gasteiger partial charge in [0.15, 0.2) is 0 Å². The van der Waals surface area contributed by atoms with Crippen LogP contribution in [0.5, 0.6) is 0 Å². The van der Waals surface area contributed by atoms with Crippen LogP contribution in [-0.4, -0.2) is 5.91 Å². The normalized spacial score (nSPS) is 9.68. The predicted molar refractivity (Wildman–Crippen MR) is 74.1 cm³/mol. The third-order valence-corrected chi connectivity index (χ3v) is 2.85. The van der Waals surface area contributed by atoms with Gasteiger partial charge in [-0.1, -0.05) is 42.5 Å². The second kappa shape index (κ2) is 5.83. The highest BCUT2D eigenvalue weighted by atomic mass is 16.1. The van der Waals surface area contributed by atoms with Crippen LogP contribution in [0.1, 0.15) is 18.1 Å². The highest BCUT2D eigenvalue weighted by Gasteiger charge is 2.03. The molecule has 0 saturated carbocycles. The molecule has 3 nitrogen and oxygen atoms in total. The van der Waals surface area contributed by atoms with E-state index in [-0.39, 0.29) is 5.91 Å². The maximum Gasteiger partial charge on any atom is 0.217 e. The highest BCUT2D eigenvalue weighted by Crippen LogP contribution is 2.23. The van der Waals surface area contributed by atoms with Gasteiger partial charge in [0.05, 0.1) is 11.6 Å². The van der Waals surface area contributed by atoms with Crippen molar-refractivity contribution in [2.75, 3.05) is 0 Å². The molecule has 0 spiro atoms. The lowest BCUT2D eigenvalue weighted by molar-refractivity contribution is -0.119. The fourth-order valence-corrected chi connectivity index (χ4v) is 1.86. The summed E-state index contributed by atoms with van der Waals surface area (Å²) in [6.07, 6.45) is 0. The van der Waals surface area contributed by atoms with Crippen molar-refractivity contribution in [2.24, 2.45) is 0 Å². The van der Waals surface area contributed by atoms with E-state index in [4.69, 9.17) is 5.26 Å². The van der Waals surface area contributed by atoms with E-state index < -0.39 is 0 Å². The summed E-state index contributed by atoms with van der Waals surface area (Å²) in [5.74, 6) is -0.0427. The Labute approximate surface area is 112 Å². The number of nitrogens with zero attached hydrogens (tertiary/aromatic N) is 1. The van der Waals surface area contributed by atoms with E-state index in [1.54, 1.807) is 6.07 Å². The number of rotatable bonds is 3. The molecule has 0 aliphatic rings. The Bertz CT molecular complexity index is 624. The first-order chi connectivity index (χ1) is 9.20. The average molecular weight is 250 g/mol. The molecule has 2 rings (SSSR count). The lowest BCUT2D eigenvalue weighted by Crippen LogP contribution is -2.18. The van der Waals surface area contributed by atoms with Gasteiger partial charge in [0.2, 0.25) is 5.91 Å². The molecule has 0 heterocycles. The summed E-state index contributed by atoms with van der Waals surface area (Å²) in [5, 5.41) is 11.8. The van der Waals surface area contributed by atoms with E-state index in [0.717, 1.165) is 16.7 Å². The summed E-state index contributed by atoms with van der Waals surface area (Å²) < 4.78 is 0. The standard InChI is InChI=1S/C16H14N2O/c1-12(19)18-11-13-6-8-14(9-7-13)16-5-3-2-4-15(16)10-17/h2-9H,11H2,1H3,(H,18,19). The Balaban J connectivity index is 2.23. The van der Waals surface area contributed by atoms with Crippen molar-refractivity contribution < 1.29 is 4.79 Å². The van der Waals surface area contributed by atoms with Crippen molar-refractivity contribution in [3.8, 4) is 17.2 Å². The van der Waals surface area contributed by atoms with Crippen LogP contribution in [-0.2, 0) is 11.3 Å². The van der Waals surface area contributed by atoms with Crippen LogP contribution in [0.15, 0.2) is 48.5 Å². The Morgan fingerprint density at radius 1 is 1.16 bits per heavy atom. The number of carbonyl (C=O) groups is 1. The van der Waals surface area contributed by atoms with Crippen LogP contribution in [0.3, 0.4) is 0 Å². The Morgan fingerprint density at radius 3 is 2.47 bits per heavy atom. The Morgan fingerprint density at radius 2 is 1.84 bits per heavy atom. The molecule has 3 heteroatoms. The van der Waals surface area contributed by atoms with E-state index in [9.17, 15) is 4.79 Å². The second-order valence-corrected chi connectivity index (χ2v) is 4.26. The molecule has 0 bridgehead atoms. The van der Waals surface area contributed by atoms with Gasteiger partial charge in [-0.15, -0.1) is 0 Å². The van der Waals surface area contributed by atoms with Gasteiger partial charge in [0, 0.05) is 13.5 Å². The molecule has 0 aromatic heterocycles. The van der Waals surface area contributed by atoms with Crippen LogP contribution in [0.2, 0.25) is 0 Å². The number of carbonyl (C=O) groups excluding carboxylic acids is 1. The first-order valence-electron chi connectivity index (χ1n) is 6.03. The monoisotopic (exact) mass is 250 g/mol. The summed E-state index contributed by atoms with van der Waals surface area (Å²) in [5.41, 5.74) is 3.63. The Hall–Kier alpha value is -2.60. The van der Waals surface area contributed by atoms with Crippen molar-refractivity contribution in [1.29, 1.82) is 5.26 Å². The summed E-state index contributed by atoms with van der Waals surface area (Å²) in [6, 6.07) is 17.5. The molecule has 0 aliphatic carbocycles. The maximum absolute atomic E-state index is 10.8. The minimum Gasteiger partial charge on any atom is -0.352 e. The fraction of sp³-hybridized carbons (Fsp3) is 0.125. The van der Waals surface area contributed by atoms with Gasteiger partial charge < -0.3 is 5.32 Å². The molecule has 19 heavy (non-hydrogen) atoms. The van der Waals surface area contributed by atoms with Gasteiger partial charge in [0.1, 0.15) is 0 Å². The molecule has 0 radical (unpaired) electrons. The maximum atomic E-state index is 10.8. The van der Waals surface area contributed by atoms with Gasteiger partial charge >= 0.3 is 0 Å². The van der Waals surface area contributed by atoms with Crippen molar-refractivity contribution in [3.63, 3.8) is 0 Å². The zero-order valence-corrected chi connectivity index (χ0v) is 10.7. The molecular formula is C16H14N2O. The van der Waals surface area contributed by atoms with Crippen LogP contribution in [0, 0.1) is 11.3 Å². The molecule has 1 amide bonds. The molecule has 2 aromatic carbocycles. The number of benzene rings is 2. The quantitative estimate of drug-likeness (QED) is 0.910. The van der Waals surface area contributed by atoms with Crippen molar-refractivity contribution in [3.05, 3.63) is 59.7 Å². The number of nitrogens with one attached hydrogen (secondary N) is 1. The molecule has 94 valence electrons. The van der Waals surface area contributed by atoms with Crippen LogP contribution >= 0.6 is 0 Å². The van der Waals surface area contributed by atoms with Gasteiger partial charge in [-0.05, 0) is 22.8 Å². The largest absolute Gasteiger partial charge is 0.352 e. The molecule has 1 N–H and O–H groups in total. The molecular weight excluding hydrogens is 236 g/mol. The average Bonchev–Trinajstić information content (AvgIpc) is 2.45. The molecule has 0 saturated heterocycles. The highest BCUT2D eigenvalue weighted by molar-refractivity contribution is 5.73. The van der Waals surface area contributed by atoms with Crippen LogP contribution in [0.4, 0.5) is 0 Å². The molecule has 0 aliphatic heterocycles. The van der Waals surface area contributed by atoms with Crippen molar-refractivity contribution in [1.82, 2.24) is 5.32 Å². The Kier molecular flexibility index (Phi) is 3.94. The molecule has 0 atom stereocenters. The van der Waals surface area contributed by atoms with Gasteiger partial charge in [0.25, 0.3) is 0 Å². The molecule has 2 aromatic rings. The number of hydrogen-bond acceptors (Lipinski definition) is 2. The van der Waals surface area contributed by atoms with Crippen LogP contribution < -0.4 is 5.32 Å². The van der Waals surface area contributed by atoms with Crippen molar-refractivity contribution >= 4 is 5.91 Å². The van der Waals surface area contributed by atoms with Gasteiger partial charge in [-0.3, -0.25) is 4.79 Å². The summed E-state index contributed by atoms with van der Waals surface area (Å²) >= 11 is 0. The summed E-state index contributed by atoms with van der Waals surface area (Å²) in [7, 11) is 0. The zero-order valence-electron chi connectivity index (χ0n) is 10.7. The number of amides is 1. The second-order valence-electron chi connectivity index (χ2n) is 4.26. The molecule has 0 unspecified atom stereocenters. The topological polar surface area (TPSA) is 52.9 Å². The lowest BCUT2D eigenvalue weighted by atomic mass is 9.99. The van der Waals surface area contributed by atoms with E-state index in [0.29, 0.717) is 12.1 Å². The SMILES string of the molecule is CC(=O)NCc1ccc(-c2ccccc2C#N)cc1. The predicted octanol–water partition coefficient (Wildman–Crippen LogP) is 2.86. The third-order valence-electron chi connectivity index (χ3n) is 2.85. The van der Waals surface area contributed by atoms with Crippen molar-refractivity contribution in [2.45, 2.75) is 13.5 Å². The third kappa shape index (κ3) is 3.20. The number of nitriles is 1. The smallest absolute Gasteiger partial charge is 0.217 e. The van der Waals surface area contributed by atoms with E-state index >= 15 is 0 Å². The lowest BCUT2D eigenvalue weighted by Gasteiger charge is -2.06. The first-order valence-corrected chi connectivity index (χ1v) is 6.03. The summed E-state index contributed by atoms with van der Waals surface area (Å²) in [4.78, 5) is 10.8. The van der Waals surface area contributed by atoms with Gasteiger partial charge in [-0.25, -0.2) is 0 Å². The summed E-state index contributed by atoms with van der Waals surface area (Å²) in [6.45, 7) is 2.02. The van der Waals surface area contributed by atoms with Gasteiger partial charge in [-0.2, -0.15) is 5.26 Å². The van der Waals surface area contributed by atoms with E-state index in [1.165, 1.54) is 6.92 Å². The van der Waals surface area contributed by atoms with Crippen LogP contribution in [0.25, 0.3) is 11.1 Å². The minimum absolute atomic E-state index is 0.0427. The minimum atomic E-state index is -0.0427.